The molecule has 0 saturated carbocycles. The van der Waals surface area contributed by atoms with Crippen LogP contribution in [0.1, 0.15) is 11.3 Å². The molecular formula is C12H10F3N3O. The molecule has 0 radical (unpaired) electrons. The van der Waals surface area contributed by atoms with E-state index < -0.39 is 17.9 Å². The molecule has 1 aromatic carbocycles. The van der Waals surface area contributed by atoms with Crippen LogP contribution in [-0.2, 0) is 6.18 Å². The van der Waals surface area contributed by atoms with Crippen molar-refractivity contribution in [1.29, 1.82) is 0 Å². The first-order valence-corrected chi connectivity index (χ1v) is 5.30. The number of ether oxygens (including phenoxy) is 1. The smallest absolute Gasteiger partial charge is 0.422 e. The summed E-state index contributed by atoms with van der Waals surface area (Å²) in [5, 5.41) is 0. The monoisotopic (exact) mass is 269 g/mol. The number of halogens is 3. The normalized spacial score (nSPS) is 11.4. The van der Waals surface area contributed by atoms with Gasteiger partial charge in [0.05, 0.1) is 5.69 Å². The van der Waals surface area contributed by atoms with E-state index in [9.17, 15) is 13.2 Å². The maximum Gasteiger partial charge on any atom is 0.433 e. The van der Waals surface area contributed by atoms with Gasteiger partial charge in [-0.15, -0.1) is 0 Å². The summed E-state index contributed by atoms with van der Waals surface area (Å²) in [7, 11) is 0. The quantitative estimate of drug-likeness (QED) is 0.850. The summed E-state index contributed by atoms with van der Waals surface area (Å²) >= 11 is 0. The zero-order valence-corrected chi connectivity index (χ0v) is 9.90. The third-order valence-corrected chi connectivity index (χ3v) is 2.29. The molecule has 0 atom stereocenters. The number of aryl methyl sites for hydroxylation is 1. The lowest BCUT2D eigenvalue weighted by Gasteiger charge is -2.09. The number of anilines is 1. The standard InChI is InChI=1S/C12H10F3N3O/c1-7-2-3-9(8(16)6-7)19-11-17-5-4-10(18-11)12(13,14)15/h2-6H,16H2,1H3. The predicted octanol–water partition coefficient (Wildman–Crippen LogP) is 3.18. The molecule has 2 rings (SSSR count). The van der Waals surface area contributed by atoms with E-state index in [1.807, 2.05) is 6.92 Å². The van der Waals surface area contributed by atoms with Crippen LogP contribution in [0.15, 0.2) is 30.5 Å². The average Bonchev–Trinajstić information content (AvgIpc) is 2.32. The Bertz CT molecular complexity index is 599. The van der Waals surface area contributed by atoms with E-state index in [-0.39, 0.29) is 5.75 Å². The van der Waals surface area contributed by atoms with E-state index in [4.69, 9.17) is 10.5 Å². The number of hydrogen-bond acceptors (Lipinski definition) is 4. The number of alkyl halides is 3. The van der Waals surface area contributed by atoms with Crippen LogP contribution < -0.4 is 10.5 Å². The molecule has 4 nitrogen and oxygen atoms in total. The first-order valence-electron chi connectivity index (χ1n) is 5.30. The van der Waals surface area contributed by atoms with Crippen molar-refractivity contribution in [3.63, 3.8) is 0 Å². The van der Waals surface area contributed by atoms with Gasteiger partial charge in [-0.2, -0.15) is 18.2 Å². The van der Waals surface area contributed by atoms with Crippen molar-refractivity contribution in [3.05, 3.63) is 41.7 Å². The molecule has 0 bridgehead atoms. The van der Waals surface area contributed by atoms with Gasteiger partial charge in [-0.1, -0.05) is 6.07 Å². The van der Waals surface area contributed by atoms with E-state index in [2.05, 4.69) is 9.97 Å². The third kappa shape index (κ3) is 3.12. The Balaban J connectivity index is 2.29. The zero-order chi connectivity index (χ0) is 14.0. The lowest BCUT2D eigenvalue weighted by atomic mass is 10.2. The van der Waals surface area contributed by atoms with Gasteiger partial charge < -0.3 is 10.5 Å². The number of hydrogen-bond donors (Lipinski definition) is 1. The highest BCUT2D eigenvalue weighted by molar-refractivity contribution is 5.54. The molecule has 0 saturated heterocycles. The van der Waals surface area contributed by atoms with Crippen LogP contribution in [-0.4, -0.2) is 9.97 Å². The van der Waals surface area contributed by atoms with Crippen molar-refractivity contribution >= 4 is 5.69 Å². The van der Waals surface area contributed by atoms with Crippen molar-refractivity contribution in [2.45, 2.75) is 13.1 Å². The summed E-state index contributed by atoms with van der Waals surface area (Å²) in [5.41, 5.74) is 5.84. The average molecular weight is 269 g/mol. The highest BCUT2D eigenvalue weighted by Crippen LogP contribution is 2.30. The number of nitrogens with two attached hydrogens (primary N) is 1. The van der Waals surface area contributed by atoms with E-state index in [1.165, 1.54) is 0 Å². The van der Waals surface area contributed by atoms with Gasteiger partial charge in [-0.3, -0.25) is 0 Å². The van der Waals surface area contributed by atoms with Gasteiger partial charge in [0, 0.05) is 6.20 Å². The van der Waals surface area contributed by atoms with Crippen molar-refractivity contribution in [1.82, 2.24) is 9.97 Å². The minimum Gasteiger partial charge on any atom is -0.422 e. The summed E-state index contributed by atoms with van der Waals surface area (Å²) in [4.78, 5) is 6.91. The molecule has 1 aromatic heterocycles. The van der Waals surface area contributed by atoms with Crippen molar-refractivity contribution in [2.24, 2.45) is 0 Å². The molecule has 0 spiro atoms. The number of aromatic nitrogens is 2. The molecule has 0 amide bonds. The van der Waals surface area contributed by atoms with Gasteiger partial charge in [0.2, 0.25) is 0 Å². The zero-order valence-electron chi connectivity index (χ0n) is 9.90. The Morgan fingerprint density at radius 3 is 2.58 bits per heavy atom. The molecule has 0 unspecified atom stereocenters. The molecule has 2 N–H and O–H groups in total. The Morgan fingerprint density at radius 1 is 1.21 bits per heavy atom. The Morgan fingerprint density at radius 2 is 1.95 bits per heavy atom. The second-order valence-electron chi connectivity index (χ2n) is 3.87. The fraction of sp³-hybridized carbons (Fsp3) is 0.167. The topological polar surface area (TPSA) is 61.0 Å². The largest absolute Gasteiger partial charge is 0.433 e. The van der Waals surface area contributed by atoms with Gasteiger partial charge in [-0.05, 0) is 30.7 Å². The lowest BCUT2D eigenvalue weighted by molar-refractivity contribution is -0.141. The number of rotatable bonds is 2. The summed E-state index contributed by atoms with van der Waals surface area (Å²) in [6.07, 6.45) is -3.56. The van der Waals surface area contributed by atoms with Gasteiger partial charge in [-0.25, -0.2) is 4.98 Å². The molecule has 0 aliphatic rings. The van der Waals surface area contributed by atoms with Crippen LogP contribution in [0.2, 0.25) is 0 Å². The highest BCUT2D eigenvalue weighted by atomic mass is 19.4. The lowest BCUT2D eigenvalue weighted by Crippen LogP contribution is -2.09. The number of benzene rings is 1. The van der Waals surface area contributed by atoms with Crippen molar-refractivity contribution in [2.75, 3.05) is 5.73 Å². The summed E-state index contributed by atoms with van der Waals surface area (Å²) in [5.74, 6) is 0.213. The maximum atomic E-state index is 12.5. The van der Waals surface area contributed by atoms with Crippen LogP contribution in [0, 0.1) is 6.92 Å². The number of nitrogens with zero attached hydrogens (tertiary/aromatic N) is 2. The van der Waals surface area contributed by atoms with Crippen LogP contribution in [0.25, 0.3) is 0 Å². The molecule has 0 aliphatic carbocycles. The Kier molecular flexibility index (Phi) is 3.28. The molecule has 19 heavy (non-hydrogen) atoms. The van der Waals surface area contributed by atoms with Crippen LogP contribution in [0.3, 0.4) is 0 Å². The highest BCUT2D eigenvalue weighted by Gasteiger charge is 2.33. The molecule has 100 valence electrons. The second-order valence-corrected chi connectivity index (χ2v) is 3.87. The van der Waals surface area contributed by atoms with Crippen LogP contribution >= 0.6 is 0 Å². The van der Waals surface area contributed by atoms with Gasteiger partial charge in [0.1, 0.15) is 0 Å². The minimum atomic E-state index is -4.54. The fourth-order valence-electron chi connectivity index (χ4n) is 1.41. The molecule has 0 aliphatic heterocycles. The van der Waals surface area contributed by atoms with Gasteiger partial charge >= 0.3 is 12.2 Å². The first-order chi connectivity index (χ1) is 8.86. The van der Waals surface area contributed by atoms with Crippen molar-refractivity contribution < 1.29 is 17.9 Å². The molecule has 2 aromatic rings. The predicted molar refractivity (Wildman–Crippen MR) is 62.7 cm³/mol. The van der Waals surface area contributed by atoms with Gasteiger partial charge in [0.15, 0.2) is 11.4 Å². The molecule has 1 heterocycles. The SMILES string of the molecule is Cc1ccc(Oc2nccc(C(F)(F)F)n2)c(N)c1. The third-order valence-electron chi connectivity index (χ3n) is 2.29. The van der Waals surface area contributed by atoms with Crippen LogP contribution in [0.4, 0.5) is 18.9 Å². The second kappa shape index (κ2) is 4.75. The first kappa shape index (κ1) is 13.1. The Labute approximate surface area is 107 Å². The van der Waals surface area contributed by atoms with E-state index in [0.717, 1.165) is 17.8 Å². The summed E-state index contributed by atoms with van der Waals surface area (Å²) in [6, 6.07) is 5.28. The summed E-state index contributed by atoms with van der Waals surface area (Å²) in [6.45, 7) is 1.83. The molecule has 0 fully saturated rings. The fourth-order valence-corrected chi connectivity index (χ4v) is 1.41. The van der Waals surface area contributed by atoms with Gasteiger partial charge in [0.25, 0.3) is 0 Å². The summed E-state index contributed by atoms with van der Waals surface area (Å²) < 4.78 is 42.6. The van der Waals surface area contributed by atoms with E-state index in [1.54, 1.807) is 18.2 Å². The van der Waals surface area contributed by atoms with Crippen molar-refractivity contribution in [3.8, 4) is 11.8 Å². The molecular weight excluding hydrogens is 259 g/mol. The minimum absolute atomic E-state index is 0.213. The van der Waals surface area contributed by atoms with Crippen LogP contribution in [0.5, 0.6) is 11.8 Å². The maximum absolute atomic E-state index is 12.5. The number of nitrogen functional groups attached to an aromatic ring is 1. The molecule has 7 heteroatoms. The Hall–Kier alpha value is -2.31. The van der Waals surface area contributed by atoms with E-state index >= 15 is 0 Å². The van der Waals surface area contributed by atoms with E-state index in [0.29, 0.717) is 5.69 Å².